The lowest BCUT2D eigenvalue weighted by Crippen LogP contribution is -2.15. The van der Waals surface area contributed by atoms with Gasteiger partial charge in [-0.15, -0.1) is 0 Å². The minimum absolute atomic E-state index is 0.261. The topological polar surface area (TPSA) is 56.8 Å². The van der Waals surface area contributed by atoms with Crippen LogP contribution in [0.2, 0.25) is 0 Å². The number of thioether (sulfide) groups is 1. The average molecular weight is 294 g/mol. The Bertz CT molecular complexity index is 445. The molecule has 1 saturated heterocycles. The number of amidine groups is 1. The maximum atomic E-state index is 5.86. The summed E-state index contributed by atoms with van der Waals surface area (Å²) in [5.74, 6) is 1.73. The van der Waals surface area contributed by atoms with E-state index in [1.165, 1.54) is 11.8 Å². The van der Waals surface area contributed by atoms with Crippen LogP contribution < -0.4 is 10.5 Å². The fraction of sp³-hybridized carbons (Fsp3) is 0.533. The second-order valence-electron chi connectivity index (χ2n) is 4.78. The van der Waals surface area contributed by atoms with E-state index in [1.807, 2.05) is 31.2 Å². The summed E-state index contributed by atoms with van der Waals surface area (Å²) < 4.78 is 11.2. The lowest BCUT2D eigenvalue weighted by Gasteiger charge is -2.09. The molecule has 1 aliphatic heterocycles. The Morgan fingerprint density at radius 2 is 2.35 bits per heavy atom. The van der Waals surface area contributed by atoms with Gasteiger partial charge >= 0.3 is 0 Å². The second kappa shape index (κ2) is 8.17. The van der Waals surface area contributed by atoms with Crippen LogP contribution in [0.15, 0.2) is 29.3 Å². The summed E-state index contributed by atoms with van der Waals surface area (Å²) in [6, 6.07) is 8.01. The first-order chi connectivity index (χ1) is 9.75. The van der Waals surface area contributed by atoms with Gasteiger partial charge in [0.15, 0.2) is 5.17 Å². The molecule has 1 aliphatic rings. The molecule has 1 heterocycles. The lowest BCUT2D eigenvalue weighted by atomic mass is 10.2. The summed E-state index contributed by atoms with van der Waals surface area (Å²) >= 11 is 1.53. The Balaban J connectivity index is 1.62. The summed E-state index contributed by atoms with van der Waals surface area (Å²) in [6.07, 6.45) is 2.49. The van der Waals surface area contributed by atoms with E-state index in [-0.39, 0.29) is 6.10 Å². The molecular weight excluding hydrogens is 272 g/mol. The maximum Gasteiger partial charge on any atom is 0.154 e. The van der Waals surface area contributed by atoms with Crippen LogP contribution in [0.3, 0.4) is 0 Å². The fourth-order valence-corrected chi connectivity index (χ4v) is 2.58. The van der Waals surface area contributed by atoms with Gasteiger partial charge in [-0.2, -0.15) is 0 Å². The Kier molecular flexibility index (Phi) is 6.21. The van der Waals surface area contributed by atoms with Crippen molar-refractivity contribution in [1.29, 1.82) is 0 Å². The van der Waals surface area contributed by atoms with E-state index >= 15 is 0 Å². The number of rotatable bonds is 6. The van der Waals surface area contributed by atoms with Crippen LogP contribution >= 0.6 is 11.8 Å². The minimum atomic E-state index is 0.261. The smallest absolute Gasteiger partial charge is 0.154 e. The van der Waals surface area contributed by atoms with Crippen molar-refractivity contribution in [2.45, 2.75) is 25.9 Å². The summed E-state index contributed by atoms with van der Waals surface area (Å²) in [7, 11) is 0. The molecule has 0 amide bonds. The number of aryl methyl sites for hydroxylation is 1. The standard InChI is InChI=1S/C15H22N2O2S/c1-12-5-2-3-7-14(12)19-9-10-20-15(16)17-11-13-6-4-8-18-13/h2-3,5,7,13H,4,6,8-11H2,1H3,(H2,16,17)/t13-/m0/s1. The molecule has 1 aromatic rings. The molecule has 0 aliphatic carbocycles. The SMILES string of the molecule is Cc1ccccc1OCCSC(N)=NC[C@@H]1CCCO1. The minimum Gasteiger partial charge on any atom is -0.492 e. The Morgan fingerprint density at radius 3 is 3.10 bits per heavy atom. The molecule has 0 saturated carbocycles. The van der Waals surface area contributed by atoms with Gasteiger partial charge in [-0.25, -0.2) is 0 Å². The van der Waals surface area contributed by atoms with Crippen molar-refractivity contribution in [3.05, 3.63) is 29.8 Å². The third kappa shape index (κ3) is 5.06. The normalized spacial score (nSPS) is 19.2. The molecule has 0 aromatic heterocycles. The van der Waals surface area contributed by atoms with Crippen LogP contribution in [0.4, 0.5) is 0 Å². The lowest BCUT2D eigenvalue weighted by molar-refractivity contribution is 0.118. The first-order valence-electron chi connectivity index (χ1n) is 6.98. The quantitative estimate of drug-likeness (QED) is 0.498. The van der Waals surface area contributed by atoms with Gasteiger partial charge in [-0.05, 0) is 31.4 Å². The first kappa shape index (κ1) is 15.2. The molecule has 2 N–H and O–H groups in total. The predicted molar refractivity (Wildman–Crippen MR) is 84.6 cm³/mol. The fourth-order valence-electron chi connectivity index (χ4n) is 2.04. The van der Waals surface area contributed by atoms with E-state index in [0.29, 0.717) is 18.3 Å². The van der Waals surface area contributed by atoms with Crippen LogP contribution in [0.25, 0.3) is 0 Å². The van der Waals surface area contributed by atoms with Crippen LogP contribution in [0.1, 0.15) is 18.4 Å². The third-order valence-corrected chi connectivity index (χ3v) is 3.95. The van der Waals surface area contributed by atoms with Crippen LogP contribution in [-0.2, 0) is 4.74 Å². The number of hydrogen-bond donors (Lipinski definition) is 1. The number of nitrogens with two attached hydrogens (primary N) is 1. The summed E-state index contributed by atoms with van der Waals surface area (Å²) in [4.78, 5) is 4.35. The number of nitrogens with zero attached hydrogens (tertiary/aromatic N) is 1. The summed E-state index contributed by atoms with van der Waals surface area (Å²) in [5, 5.41) is 0.619. The molecule has 1 atom stereocenters. The van der Waals surface area contributed by atoms with Crippen molar-refractivity contribution >= 4 is 16.9 Å². The van der Waals surface area contributed by atoms with Gasteiger partial charge in [0.05, 0.1) is 19.3 Å². The van der Waals surface area contributed by atoms with Crippen molar-refractivity contribution < 1.29 is 9.47 Å². The highest BCUT2D eigenvalue weighted by molar-refractivity contribution is 8.13. The zero-order chi connectivity index (χ0) is 14.2. The number of benzene rings is 1. The highest BCUT2D eigenvalue weighted by Crippen LogP contribution is 2.16. The summed E-state index contributed by atoms with van der Waals surface area (Å²) in [6.45, 7) is 4.21. The van der Waals surface area contributed by atoms with Gasteiger partial charge in [0, 0.05) is 12.4 Å². The molecule has 1 aromatic carbocycles. The van der Waals surface area contributed by atoms with E-state index in [0.717, 1.165) is 36.5 Å². The first-order valence-corrected chi connectivity index (χ1v) is 7.97. The molecule has 0 unspecified atom stereocenters. The van der Waals surface area contributed by atoms with E-state index in [9.17, 15) is 0 Å². The van der Waals surface area contributed by atoms with E-state index in [4.69, 9.17) is 15.2 Å². The van der Waals surface area contributed by atoms with Crippen molar-refractivity contribution in [3.8, 4) is 5.75 Å². The highest BCUT2D eigenvalue weighted by atomic mass is 32.2. The molecular formula is C15H22N2O2S. The Morgan fingerprint density at radius 1 is 1.50 bits per heavy atom. The largest absolute Gasteiger partial charge is 0.492 e. The second-order valence-corrected chi connectivity index (χ2v) is 5.89. The van der Waals surface area contributed by atoms with Gasteiger partial charge < -0.3 is 15.2 Å². The zero-order valence-electron chi connectivity index (χ0n) is 11.9. The van der Waals surface area contributed by atoms with Crippen molar-refractivity contribution in [1.82, 2.24) is 0 Å². The molecule has 0 spiro atoms. The number of ether oxygens (including phenoxy) is 2. The number of hydrogen-bond acceptors (Lipinski definition) is 4. The van der Waals surface area contributed by atoms with Crippen molar-refractivity contribution in [2.75, 3.05) is 25.5 Å². The van der Waals surface area contributed by atoms with E-state index < -0.39 is 0 Å². The van der Waals surface area contributed by atoms with E-state index in [1.54, 1.807) is 0 Å². The Hall–Kier alpha value is -1.20. The van der Waals surface area contributed by atoms with Gasteiger partial charge in [-0.3, -0.25) is 4.99 Å². The molecule has 1 fully saturated rings. The predicted octanol–water partition coefficient (Wildman–Crippen LogP) is 2.60. The third-order valence-electron chi connectivity index (χ3n) is 3.16. The summed E-state index contributed by atoms with van der Waals surface area (Å²) in [5.41, 5.74) is 7.01. The van der Waals surface area contributed by atoms with Gasteiger partial charge in [0.25, 0.3) is 0 Å². The molecule has 2 rings (SSSR count). The number of para-hydroxylation sites is 1. The average Bonchev–Trinajstić information content (AvgIpc) is 2.96. The molecule has 110 valence electrons. The van der Waals surface area contributed by atoms with Crippen LogP contribution in [0.5, 0.6) is 5.75 Å². The monoisotopic (exact) mass is 294 g/mol. The van der Waals surface area contributed by atoms with Gasteiger partial charge in [0.2, 0.25) is 0 Å². The van der Waals surface area contributed by atoms with Crippen LogP contribution in [0, 0.1) is 6.92 Å². The molecule has 0 radical (unpaired) electrons. The molecule has 0 bridgehead atoms. The Labute approximate surface area is 124 Å². The van der Waals surface area contributed by atoms with Crippen molar-refractivity contribution in [3.63, 3.8) is 0 Å². The van der Waals surface area contributed by atoms with Crippen molar-refractivity contribution in [2.24, 2.45) is 10.7 Å². The zero-order valence-corrected chi connectivity index (χ0v) is 12.7. The molecule has 20 heavy (non-hydrogen) atoms. The highest BCUT2D eigenvalue weighted by Gasteiger charge is 2.14. The number of aliphatic imine (C=N–C) groups is 1. The molecule has 5 heteroatoms. The molecule has 4 nitrogen and oxygen atoms in total. The van der Waals surface area contributed by atoms with Crippen LogP contribution in [-0.4, -0.2) is 36.8 Å². The van der Waals surface area contributed by atoms with E-state index in [2.05, 4.69) is 4.99 Å². The van der Waals surface area contributed by atoms with Gasteiger partial charge in [-0.1, -0.05) is 30.0 Å². The maximum absolute atomic E-state index is 5.86. The van der Waals surface area contributed by atoms with Gasteiger partial charge in [0.1, 0.15) is 5.75 Å².